The molecule has 17 nitrogen and oxygen atoms in total. The van der Waals surface area contributed by atoms with Crippen LogP contribution in [-0.2, 0) is 44.0 Å². The lowest BCUT2D eigenvalue weighted by Gasteiger charge is -2.41. The molecule has 0 saturated carbocycles. The van der Waals surface area contributed by atoms with Crippen LogP contribution in [0.5, 0.6) is 5.75 Å². The Morgan fingerprint density at radius 1 is 0.861 bits per heavy atom. The molecule has 11 heterocycles. The number of likely N-dealkylation sites (tertiary alicyclic amines) is 1. The maximum Gasteiger partial charge on any atom is 0.255 e. The van der Waals surface area contributed by atoms with Crippen molar-refractivity contribution in [2.45, 2.75) is 95.3 Å². The smallest absolute Gasteiger partial charge is 0.255 e. The van der Waals surface area contributed by atoms with E-state index in [2.05, 4.69) is 53.9 Å². The molecule has 13 rings (SSSR count). The number of amides is 4. The number of hydrogen-bond donors (Lipinski definition) is 1. The summed E-state index contributed by atoms with van der Waals surface area (Å²) in [5.74, 6) is 1.03. The zero-order chi connectivity index (χ0) is 49.0. The third-order valence-electron chi connectivity index (χ3n) is 17.5. The summed E-state index contributed by atoms with van der Waals surface area (Å²) in [7, 11) is 2.08. The molecule has 72 heavy (non-hydrogen) atoms. The summed E-state index contributed by atoms with van der Waals surface area (Å²) in [5, 5.41) is 7.73. The largest absolute Gasteiger partial charge is 0.492 e. The van der Waals surface area contributed by atoms with Crippen molar-refractivity contribution in [1.82, 2.24) is 39.2 Å². The number of pyridine rings is 1. The number of piperidine rings is 3. The number of rotatable bonds is 7. The molecule has 0 bridgehead atoms. The summed E-state index contributed by atoms with van der Waals surface area (Å²) in [5.41, 5.74) is 9.61. The molecule has 1 unspecified atom stereocenters. The van der Waals surface area contributed by atoms with E-state index in [1.54, 1.807) is 24.1 Å². The predicted molar refractivity (Wildman–Crippen MR) is 267 cm³/mol. The molecule has 0 radical (unpaired) electrons. The van der Waals surface area contributed by atoms with Crippen LogP contribution in [0.3, 0.4) is 0 Å². The number of halogens is 1. The van der Waals surface area contributed by atoms with E-state index < -0.39 is 11.9 Å². The number of hydrogen-bond acceptors (Lipinski definition) is 12. The molecule has 3 aromatic heterocycles. The van der Waals surface area contributed by atoms with Gasteiger partial charge in [-0.1, -0.05) is 6.07 Å². The van der Waals surface area contributed by atoms with E-state index in [-0.39, 0.29) is 41.4 Å². The number of nitrogens with zero attached hydrogens (tertiary/aromatic N) is 10. The van der Waals surface area contributed by atoms with Crippen LogP contribution in [0.25, 0.3) is 16.8 Å². The highest BCUT2D eigenvalue weighted by Crippen LogP contribution is 2.51. The Balaban J connectivity index is 0.711. The lowest BCUT2D eigenvalue weighted by Crippen LogP contribution is -2.52. The van der Waals surface area contributed by atoms with E-state index in [0.29, 0.717) is 69.5 Å². The lowest BCUT2D eigenvalue weighted by atomic mass is 9.73. The Morgan fingerprint density at radius 3 is 2.47 bits per heavy atom. The van der Waals surface area contributed by atoms with Gasteiger partial charge in [-0.3, -0.25) is 29.2 Å². The van der Waals surface area contributed by atoms with Crippen molar-refractivity contribution in [1.29, 1.82) is 0 Å². The van der Waals surface area contributed by atoms with E-state index >= 15 is 4.39 Å². The van der Waals surface area contributed by atoms with Crippen molar-refractivity contribution in [2.24, 2.45) is 5.92 Å². The molecule has 0 aliphatic carbocycles. The number of imidazole rings is 1. The van der Waals surface area contributed by atoms with Crippen LogP contribution in [0, 0.1) is 11.7 Å². The molecule has 376 valence electrons. The van der Waals surface area contributed by atoms with Gasteiger partial charge in [0.1, 0.15) is 23.3 Å². The Bertz CT molecular complexity index is 3040. The van der Waals surface area contributed by atoms with Crippen molar-refractivity contribution in [3.63, 3.8) is 0 Å². The molecular formula is C54H62FN11O6. The molecular weight excluding hydrogens is 918 g/mol. The molecule has 4 amide bonds. The van der Waals surface area contributed by atoms with E-state index in [4.69, 9.17) is 14.6 Å². The quantitative estimate of drug-likeness (QED) is 0.203. The number of carbonyl (C=O) groups is 4. The van der Waals surface area contributed by atoms with Crippen molar-refractivity contribution in [2.75, 3.05) is 93.9 Å². The summed E-state index contributed by atoms with van der Waals surface area (Å²) in [6.07, 6.45) is 12.9. The first-order valence-electron chi connectivity index (χ1n) is 26.1. The highest BCUT2D eigenvalue weighted by molar-refractivity contribution is 6.06. The fourth-order valence-corrected chi connectivity index (χ4v) is 13.3. The third-order valence-corrected chi connectivity index (χ3v) is 17.5. The van der Waals surface area contributed by atoms with Gasteiger partial charge in [-0.25, -0.2) is 9.37 Å². The first-order chi connectivity index (χ1) is 35.0. The number of carbonyl (C=O) groups excluding carboxylic acids is 4. The van der Waals surface area contributed by atoms with Crippen LogP contribution < -0.4 is 24.8 Å². The molecule has 5 aromatic rings. The molecule has 4 fully saturated rings. The number of ether oxygens (including phenoxy) is 2. The number of benzene rings is 2. The first-order valence-corrected chi connectivity index (χ1v) is 26.1. The van der Waals surface area contributed by atoms with Crippen LogP contribution in [0.1, 0.15) is 97.1 Å². The van der Waals surface area contributed by atoms with Crippen LogP contribution in [0.2, 0.25) is 0 Å². The maximum absolute atomic E-state index is 17.2. The number of nitrogens with one attached hydrogen (secondary N) is 1. The minimum atomic E-state index is -0.654. The summed E-state index contributed by atoms with van der Waals surface area (Å²) in [4.78, 5) is 68.3. The zero-order valence-corrected chi connectivity index (χ0v) is 41.2. The van der Waals surface area contributed by atoms with Crippen LogP contribution >= 0.6 is 0 Å². The number of likely N-dealkylation sites (N-methyl/N-ethyl adjacent to an activating group) is 1. The normalized spacial score (nSPS) is 22.6. The highest BCUT2D eigenvalue weighted by Gasteiger charge is 2.48. The van der Waals surface area contributed by atoms with Crippen molar-refractivity contribution in [3.05, 3.63) is 82.7 Å². The molecule has 18 heteroatoms. The van der Waals surface area contributed by atoms with Gasteiger partial charge in [-0.2, -0.15) is 5.10 Å². The third kappa shape index (κ3) is 7.52. The number of anilines is 4. The average Bonchev–Trinajstić information content (AvgIpc) is 4.18. The van der Waals surface area contributed by atoms with E-state index in [9.17, 15) is 19.2 Å². The van der Waals surface area contributed by atoms with Gasteiger partial charge in [-0.05, 0) is 82.2 Å². The minimum Gasteiger partial charge on any atom is -0.492 e. The van der Waals surface area contributed by atoms with Crippen molar-refractivity contribution >= 4 is 52.2 Å². The fourth-order valence-electron chi connectivity index (χ4n) is 13.3. The summed E-state index contributed by atoms with van der Waals surface area (Å²) in [6, 6.07) is 9.32. The summed E-state index contributed by atoms with van der Waals surface area (Å²) in [6.45, 7) is 11.1. The minimum absolute atomic E-state index is 0.0474. The first kappa shape index (κ1) is 45.3. The summed E-state index contributed by atoms with van der Waals surface area (Å²) < 4.78 is 33.6. The van der Waals surface area contributed by atoms with Gasteiger partial charge in [0.2, 0.25) is 17.7 Å². The van der Waals surface area contributed by atoms with Gasteiger partial charge in [0.05, 0.1) is 42.8 Å². The monoisotopic (exact) mass is 979 g/mol. The second kappa shape index (κ2) is 17.6. The molecule has 8 aliphatic rings. The van der Waals surface area contributed by atoms with E-state index in [0.717, 1.165) is 135 Å². The molecule has 1 spiro atoms. The number of fused-ring (bicyclic) bond motifs is 7. The van der Waals surface area contributed by atoms with Crippen LogP contribution in [-0.4, -0.2) is 143 Å². The lowest BCUT2D eigenvalue weighted by molar-refractivity contribution is -0.137. The molecule has 4 saturated heterocycles. The number of aromatic nitrogens is 4. The predicted octanol–water partition coefficient (Wildman–Crippen LogP) is 5.58. The summed E-state index contributed by atoms with van der Waals surface area (Å²) >= 11 is 0. The van der Waals surface area contributed by atoms with Crippen molar-refractivity contribution < 1.29 is 33.0 Å². The Hall–Kier alpha value is -6.53. The Labute approximate surface area is 417 Å². The number of imide groups is 1. The van der Waals surface area contributed by atoms with Gasteiger partial charge < -0.3 is 43.3 Å². The van der Waals surface area contributed by atoms with Crippen LogP contribution in [0.4, 0.5) is 27.3 Å². The van der Waals surface area contributed by atoms with Crippen LogP contribution in [0.15, 0.2) is 48.9 Å². The topological polar surface area (TPSA) is 153 Å². The van der Waals surface area contributed by atoms with Crippen molar-refractivity contribution in [3.8, 4) is 16.9 Å². The Kier molecular flexibility index (Phi) is 11.1. The fraction of sp³-hybridized carbons (Fsp3) is 0.519. The molecule has 1 N–H and O–H groups in total. The van der Waals surface area contributed by atoms with Gasteiger partial charge in [0.25, 0.3) is 5.91 Å². The molecule has 8 aliphatic heterocycles. The van der Waals surface area contributed by atoms with E-state index in [1.165, 1.54) is 11.3 Å². The molecule has 1 atom stereocenters. The molecule has 2 aromatic carbocycles. The second-order valence-electron chi connectivity index (χ2n) is 21.6. The Morgan fingerprint density at radius 2 is 1.68 bits per heavy atom. The average molecular weight is 980 g/mol. The zero-order valence-electron chi connectivity index (χ0n) is 41.2. The van der Waals surface area contributed by atoms with Gasteiger partial charge >= 0.3 is 0 Å². The van der Waals surface area contributed by atoms with Gasteiger partial charge in [0.15, 0.2) is 5.82 Å². The standard InChI is InChI=1S/C54H62FN11O6/c1-33(67)62-17-9-43-40(29-62)51(58-66(43)35-10-23-71-24-11-35)64-22-21-59(2)45-25-37(42(55)27-46(45)64)38-26-48-56-14-20-63(48)31-47(38)61-15-7-34(8-16-61)28-60-18-12-54(13-19-60)32-72-50-39-30-65(44-5-6-49(68)57-52(44)69)53(70)36(39)3-4-41(50)54/h3-4,14,20,25-27,31,34-35,44H,5-13,15-19,21-24,28-30,32H2,1-2H3,(H,57,68,69). The second-order valence-corrected chi connectivity index (χ2v) is 21.6. The van der Waals surface area contributed by atoms with E-state index in [1.807, 2.05) is 33.7 Å². The van der Waals surface area contributed by atoms with Gasteiger partial charge in [-0.15, -0.1) is 0 Å². The highest BCUT2D eigenvalue weighted by atomic mass is 19.1. The maximum atomic E-state index is 17.2. The SMILES string of the molecule is CC(=O)N1CCc2c(c(N3CCN(C)c4cc(-c5cc6nccn6cc5N5CCC(CN6CCC7(CC6)COc6c7ccc7c6CN(C6CCC(=O)NC6=O)C7=O)CC5)c(F)cc43)nn2C2CCOCC2)C1. The van der Waals surface area contributed by atoms with Gasteiger partial charge in [0, 0.05) is 148 Å².